The molecule has 1 saturated heterocycles. The van der Waals surface area contributed by atoms with Crippen LogP contribution in [-0.2, 0) is 4.74 Å². The fraction of sp³-hybridized carbons (Fsp3) is 0.400. The van der Waals surface area contributed by atoms with E-state index in [9.17, 15) is 8.78 Å². The molecule has 0 spiro atoms. The van der Waals surface area contributed by atoms with Crippen molar-refractivity contribution >= 4 is 17.1 Å². The van der Waals surface area contributed by atoms with Crippen LogP contribution in [0.15, 0.2) is 30.5 Å². The molecule has 0 N–H and O–H groups in total. The molecule has 2 fully saturated rings. The number of anilines is 1. The summed E-state index contributed by atoms with van der Waals surface area (Å²) in [6.45, 7) is 6.71. The molecule has 1 aliphatic heterocycles. The van der Waals surface area contributed by atoms with E-state index < -0.39 is 11.6 Å². The quantitative estimate of drug-likeness (QED) is 0.429. The molecule has 0 radical (unpaired) electrons. The van der Waals surface area contributed by atoms with Crippen LogP contribution in [0.2, 0.25) is 0 Å². The summed E-state index contributed by atoms with van der Waals surface area (Å²) in [5.74, 6) is -0.969. The van der Waals surface area contributed by atoms with Crippen LogP contribution < -0.4 is 4.90 Å². The SMILES string of the molecule is Cc1nc2nc(N3C[C@@H](C)O[C@H](c4ccn(C5CC5)n4)C3)nc(-c3ccc(F)cc3F)c2nc1C. The number of rotatable bonds is 4. The van der Waals surface area contributed by atoms with Crippen molar-refractivity contribution in [1.29, 1.82) is 0 Å². The second-order valence-corrected chi connectivity index (χ2v) is 9.36. The Kier molecular flexibility index (Phi) is 5.21. The predicted molar refractivity (Wildman–Crippen MR) is 126 cm³/mol. The molecule has 4 heterocycles. The van der Waals surface area contributed by atoms with Crippen LogP contribution >= 0.6 is 0 Å². The van der Waals surface area contributed by atoms with Gasteiger partial charge in [-0.1, -0.05) is 0 Å². The Balaban J connectivity index is 1.43. The van der Waals surface area contributed by atoms with Gasteiger partial charge in [-0.15, -0.1) is 0 Å². The number of aromatic nitrogens is 6. The van der Waals surface area contributed by atoms with E-state index in [4.69, 9.17) is 19.8 Å². The molecule has 3 aromatic heterocycles. The largest absolute Gasteiger partial charge is 0.365 e. The topological polar surface area (TPSA) is 81.9 Å². The Hall–Kier alpha value is -3.53. The number of fused-ring (bicyclic) bond motifs is 1. The van der Waals surface area contributed by atoms with E-state index in [0.717, 1.165) is 30.3 Å². The Labute approximate surface area is 201 Å². The second-order valence-electron chi connectivity index (χ2n) is 9.36. The van der Waals surface area contributed by atoms with Gasteiger partial charge in [0.2, 0.25) is 5.95 Å². The molecule has 8 nitrogen and oxygen atoms in total. The fourth-order valence-electron chi connectivity index (χ4n) is 4.46. The molecule has 4 aromatic rings. The Morgan fingerprint density at radius 2 is 1.77 bits per heavy atom. The summed E-state index contributed by atoms with van der Waals surface area (Å²) >= 11 is 0. The van der Waals surface area contributed by atoms with Gasteiger partial charge in [-0.05, 0) is 51.8 Å². The van der Waals surface area contributed by atoms with Crippen molar-refractivity contribution < 1.29 is 13.5 Å². The highest BCUT2D eigenvalue weighted by Gasteiger charge is 2.32. The average molecular weight is 478 g/mol. The van der Waals surface area contributed by atoms with E-state index in [1.54, 1.807) is 0 Å². The van der Waals surface area contributed by atoms with Crippen molar-refractivity contribution in [2.24, 2.45) is 0 Å². The van der Waals surface area contributed by atoms with Crippen molar-refractivity contribution in [3.8, 4) is 11.3 Å². The summed E-state index contributed by atoms with van der Waals surface area (Å²) in [4.78, 5) is 20.7. The Bertz CT molecular complexity index is 1440. The first-order valence-corrected chi connectivity index (χ1v) is 11.8. The zero-order chi connectivity index (χ0) is 24.3. The van der Waals surface area contributed by atoms with Gasteiger partial charge in [0.05, 0.1) is 35.8 Å². The second kappa shape index (κ2) is 8.30. The number of hydrogen-bond donors (Lipinski definition) is 0. The maximum Gasteiger partial charge on any atom is 0.228 e. The lowest BCUT2D eigenvalue weighted by molar-refractivity contribution is -0.0203. The third-order valence-electron chi connectivity index (χ3n) is 6.54. The smallest absolute Gasteiger partial charge is 0.228 e. The number of hydrogen-bond acceptors (Lipinski definition) is 7. The third-order valence-corrected chi connectivity index (χ3v) is 6.54. The highest BCUT2D eigenvalue weighted by molar-refractivity contribution is 5.88. The van der Waals surface area contributed by atoms with E-state index in [0.29, 0.717) is 41.9 Å². The van der Waals surface area contributed by atoms with Crippen molar-refractivity contribution in [3.05, 3.63) is 59.2 Å². The minimum absolute atomic E-state index is 0.101. The van der Waals surface area contributed by atoms with Crippen LogP contribution in [0.1, 0.15) is 49.0 Å². The van der Waals surface area contributed by atoms with Crippen molar-refractivity contribution in [1.82, 2.24) is 29.7 Å². The molecule has 35 heavy (non-hydrogen) atoms. The average Bonchev–Trinajstić information content (AvgIpc) is 3.55. The number of halogens is 2. The highest BCUT2D eigenvalue weighted by Crippen LogP contribution is 2.36. The Morgan fingerprint density at radius 1 is 0.971 bits per heavy atom. The monoisotopic (exact) mass is 477 g/mol. The number of nitrogens with zero attached hydrogens (tertiary/aromatic N) is 7. The number of aryl methyl sites for hydroxylation is 2. The molecule has 10 heteroatoms. The molecule has 1 aromatic carbocycles. The molecule has 0 unspecified atom stereocenters. The summed E-state index contributed by atoms with van der Waals surface area (Å²) in [7, 11) is 0. The summed E-state index contributed by atoms with van der Waals surface area (Å²) in [6, 6.07) is 5.92. The normalized spacial score (nSPS) is 20.5. The molecular weight excluding hydrogens is 452 g/mol. The molecule has 1 saturated carbocycles. The first kappa shape index (κ1) is 22.0. The minimum atomic E-state index is -0.713. The first-order chi connectivity index (χ1) is 16.9. The summed E-state index contributed by atoms with van der Waals surface area (Å²) in [5.41, 5.74) is 3.47. The van der Waals surface area contributed by atoms with Crippen LogP contribution in [0.5, 0.6) is 0 Å². The van der Waals surface area contributed by atoms with Gasteiger partial charge in [0.1, 0.15) is 28.9 Å². The molecule has 0 amide bonds. The molecule has 180 valence electrons. The van der Waals surface area contributed by atoms with Crippen LogP contribution in [-0.4, -0.2) is 48.9 Å². The lowest BCUT2D eigenvalue weighted by Gasteiger charge is -2.36. The maximum atomic E-state index is 14.8. The van der Waals surface area contributed by atoms with Crippen LogP contribution in [0.25, 0.3) is 22.4 Å². The van der Waals surface area contributed by atoms with Gasteiger partial charge >= 0.3 is 0 Å². The Morgan fingerprint density at radius 3 is 2.54 bits per heavy atom. The van der Waals surface area contributed by atoms with Crippen LogP contribution in [0, 0.1) is 25.5 Å². The van der Waals surface area contributed by atoms with Crippen molar-refractivity contribution in [2.45, 2.75) is 51.9 Å². The lowest BCUT2D eigenvalue weighted by atomic mass is 10.1. The van der Waals surface area contributed by atoms with Gasteiger partial charge in [0, 0.05) is 24.4 Å². The standard InChI is InChI=1S/C25H25F2N7O/c1-13-11-33(12-21(35-13)20-8-9-34(32-20)17-5-6-17)25-30-22(18-7-4-16(26)10-19(18)27)23-24(31-25)29-15(3)14(2)28-23/h4,7-10,13,17,21H,5-6,11-12H2,1-3H3/t13-,21+/m1/s1. The number of benzene rings is 1. The minimum Gasteiger partial charge on any atom is -0.365 e. The number of morpholine rings is 1. The lowest BCUT2D eigenvalue weighted by Crippen LogP contribution is -2.44. The highest BCUT2D eigenvalue weighted by atomic mass is 19.1. The molecular formula is C25H25F2N7O. The van der Waals surface area contributed by atoms with E-state index in [2.05, 4.69) is 9.97 Å². The fourth-order valence-corrected chi connectivity index (χ4v) is 4.46. The van der Waals surface area contributed by atoms with Gasteiger partial charge in [-0.25, -0.2) is 23.7 Å². The molecule has 0 bridgehead atoms. The molecule has 1 aliphatic carbocycles. The third kappa shape index (κ3) is 4.12. The first-order valence-electron chi connectivity index (χ1n) is 11.8. The van der Waals surface area contributed by atoms with E-state index in [1.807, 2.05) is 42.6 Å². The zero-order valence-corrected chi connectivity index (χ0v) is 19.7. The molecule has 6 rings (SSSR count). The van der Waals surface area contributed by atoms with Crippen LogP contribution in [0.4, 0.5) is 14.7 Å². The van der Waals surface area contributed by atoms with Gasteiger partial charge in [-0.3, -0.25) is 4.68 Å². The maximum absolute atomic E-state index is 14.8. The van der Waals surface area contributed by atoms with Gasteiger partial charge < -0.3 is 9.64 Å². The predicted octanol–water partition coefficient (Wildman–Crippen LogP) is 4.48. The van der Waals surface area contributed by atoms with Crippen LogP contribution in [0.3, 0.4) is 0 Å². The van der Waals surface area contributed by atoms with Crippen molar-refractivity contribution in [3.63, 3.8) is 0 Å². The van der Waals surface area contributed by atoms with E-state index in [1.165, 1.54) is 12.1 Å². The summed E-state index contributed by atoms with van der Waals surface area (Å²) < 4.78 is 36.7. The summed E-state index contributed by atoms with van der Waals surface area (Å²) in [6.07, 6.45) is 3.96. The van der Waals surface area contributed by atoms with E-state index in [-0.39, 0.29) is 23.5 Å². The van der Waals surface area contributed by atoms with Gasteiger partial charge in [-0.2, -0.15) is 10.1 Å². The van der Waals surface area contributed by atoms with Gasteiger partial charge in [0.25, 0.3) is 0 Å². The van der Waals surface area contributed by atoms with E-state index >= 15 is 0 Å². The molecule has 2 aliphatic rings. The van der Waals surface area contributed by atoms with Crippen molar-refractivity contribution in [2.75, 3.05) is 18.0 Å². The zero-order valence-electron chi connectivity index (χ0n) is 19.7. The molecule has 2 atom stereocenters. The summed E-state index contributed by atoms with van der Waals surface area (Å²) in [5, 5.41) is 4.73. The van der Waals surface area contributed by atoms with Gasteiger partial charge in [0.15, 0.2) is 5.65 Å². The number of ether oxygens (including phenoxy) is 1.